The van der Waals surface area contributed by atoms with Crippen LogP contribution in [0.3, 0.4) is 0 Å². The highest BCUT2D eigenvalue weighted by atomic mass is 19.1. The van der Waals surface area contributed by atoms with Crippen LogP contribution in [0.25, 0.3) is 0 Å². The van der Waals surface area contributed by atoms with Crippen LogP contribution >= 0.6 is 0 Å². The summed E-state index contributed by atoms with van der Waals surface area (Å²) in [6.07, 6.45) is 3.45. The molecule has 1 saturated heterocycles. The second kappa shape index (κ2) is 11.1. The van der Waals surface area contributed by atoms with Gasteiger partial charge in [0.1, 0.15) is 5.82 Å². The van der Waals surface area contributed by atoms with Gasteiger partial charge in [0, 0.05) is 26.3 Å². The van der Waals surface area contributed by atoms with E-state index in [9.17, 15) is 4.39 Å². The predicted octanol–water partition coefficient (Wildman–Crippen LogP) is 2.77. The summed E-state index contributed by atoms with van der Waals surface area (Å²) in [5.41, 5.74) is 1.64. The number of hydrogen-bond donors (Lipinski definition) is 2. The second-order valence-electron chi connectivity index (χ2n) is 6.27. The Morgan fingerprint density at radius 1 is 1.40 bits per heavy atom. The first-order valence-corrected chi connectivity index (χ1v) is 9.15. The van der Waals surface area contributed by atoms with Gasteiger partial charge in [-0.15, -0.1) is 0 Å². The molecule has 1 fully saturated rings. The number of rotatable bonds is 9. The van der Waals surface area contributed by atoms with Crippen LogP contribution in [0.5, 0.6) is 0 Å². The summed E-state index contributed by atoms with van der Waals surface area (Å²) in [5.74, 6) is 0.587. The molecule has 0 bridgehead atoms. The van der Waals surface area contributed by atoms with Gasteiger partial charge in [0.25, 0.3) is 0 Å². The van der Waals surface area contributed by atoms with Crippen molar-refractivity contribution >= 4 is 5.96 Å². The Labute approximate surface area is 150 Å². The van der Waals surface area contributed by atoms with Gasteiger partial charge in [-0.25, -0.2) is 9.38 Å². The molecule has 1 aromatic carbocycles. The Morgan fingerprint density at radius 3 is 3.00 bits per heavy atom. The summed E-state index contributed by atoms with van der Waals surface area (Å²) in [5, 5.41) is 6.52. The van der Waals surface area contributed by atoms with Crippen LogP contribution in [0, 0.1) is 12.7 Å². The van der Waals surface area contributed by atoms with Crippen LogP contribution in [0.4, 0.5) is 4.39 Å². The van der Waals surface area contributed by atoms with Gasteiger partial charge in [-0.05, 0) is 50.3 Å². The zero-order chi connectivity index (χ0) is 17.9. The smallest absolute Gasteiger partial charge is 0.191 e. The third kappa shape index (κ3) is 7.40. The standard InChI is InChI=1S/C19H30FN3O2/c1-3-21-19(23-13-16-7-8-18(20)15(2)12-16)22-9-5-10-24-14-17-6-4-11-25-17/h7-8,12,17H,3-6,9-11,13-14H2,1-2H3,(H2,21,22,23). The molecule has 1 unspecified atom stereocenters. The van der Waals surface area contributed by atoms with E-state index >= 15 is 0 Å². The lowest BCUT2D eigenvalue weighted by atomic mass is 10.1. The predicted molar refractivity (Wildman–Crippen MR) is 98.4 cm³/mol. The van der Waals surface area contributed by atoms with Gasteiger partial charge < -0.3 is 20.1 Å². The number of nitrogens with zero attached hydrogens (tertiary/aromatic N) is 1. The first-order valence-electron chi connectivity index (χ1n) is 9.15. The summed E-state index contributed by atoms with van der Waals surface area (Å²) in [7, 11) is 0. The summed E-state index contributed by atoms with van der Waals surface area (Å²) in [6.45, 7) is 8.18. The van der Waals surface area contributed by atoms with Crippen molar-refractivity contribution in [2.45, 2.75) is 45.8 Å². The third-order valence-electron chi connectivity index (χ3n) is 4.07. The fourth-order valence-corrected chi connectivity index (χ4v) is 2.69. The molecule has 0 aliphatic carbocycles. The number of hydrogen-bond acceptors (Lipinski definition) is 3. The van der Waals surface area contributed by atoms with Crippen molar-refractivity contribution in [3.63, 3.8) is 0 Å². The van der Waals surface area contributed by atoms with E-state index in [4.69, 9.17) is 9.47 Å². The minimum atomic E-state index is -0.180. The van der Waals surface area contributed by atoms with Crippen LogP contribution in [0.2, 0.25) is 0 Å². The maximum Gasteiger partial charge on any atom is 0.191 e. The van der Waals surface area contributed by atoms with Gasteiger partial charge in [0.2, 0.25) is 0 Å². The molecular weight excluding hydrogens is 321 g/mol. The highest BCUT2D eigenvalue weighted by Crippen LogP contribution is 2.12. The lowest BCUT2D eigenvalue weighted by Gasteiger charge is -2.13. The molecule has 0 radical (unpaired) electrons. The van der Waals surface area contributed by atoms with Gasteiger partial charge >= 0.3 is 0 Å². The Bertz CT molecular complexity index is 545. The quantitative estimate of drug-likeness (QED) is 0.408. The fourth-order valence-electron chi connectivity index (χ4n) is 2.69. The van der Waals surface area contributed by atoms with Crippen LogP contribution < -0.4 is 10.6 Å². The zero-order valence-electron chi connectivity index (χ0n) is 15.3. The molecule has 0 amide bonds. The van der Waals surface area contributed by atoms with Gasteiger partial charge in [0.05, 0.1) is 19.3 Å². The fraction of sp³-hybridized carbons (Fsp3) is 0.632. The SMILES string of the molecule is CCNC(=NCc1ccc(F)c(C)c1)NCCCOCC1CCCO1. The first kappa shape index (κ1) is 19.7. The molecule has 0 saturated carbocycles. The summed E-state index contributed by atoms with van der Waals surface area (Å²) < 4.78 is 24.5. The number of guanidine groups is 1. The molecule has 6 heteroatoms. The van der Waals surface area contributed by atoms with Gasteiger partial charge in [-0.3, -0.25) is 0 Å². The molecule has 1 heterocycles. The average molecular weight is 351 g/mol. The van der Waals surface area contributed by atoms with E-state index in [0.29, 0.717) is 25.3 Å². The van der Waals surface area contributed by atoms with Crippen LogP contribution in [0.15, 0.2) is 23.2 Å². The van der Waals surface area contributed by atoms with Crippen molar-refractivity contribution in [1.82, 2.24) is 10.6 Å². The monoisotopic (exact) mass is 351 g/mol. The van der Waals surface area contributed by atoms with E-state index < -0.39 is 0 Å². The lowest BCUT2D eigenvalue weighted by molar-refractivity contribution is 0.0168. The van der Waals surface area contributed by atoms with Crippen molar-refractivity contribution in [3.05, 3.63) is 35.1 Å². The summed E-state index contributed by atoms with van der Waals surface area (Å²) in [4.78, 5) is 4.55. The Kier molecular flexibility index (Phi) is 8.69. The van der Waals surface area contributed by atoms with Crippen LogP contribution in [-0.4, -0.2) is 45.0 Å². The molecule has 0 aromatic heterocycles. The number of aliphatic imine (C=N–C) groups is 1. The van der Waals surface area contributed by atoms with Crippen LogP contribution in [0.1, 0.15) is 37.3 Å². The van der Waals surface area contributed by atoms with Gasteiger partial charge in [-0.1, -0.05) is 12.1 Å². The number of aryl methyl sites for hydroxylation is 1. The molecule has 2 N–H and O–H groups in total. The highest BCUT2D eigenvalue weighted by Gasteiger charge is 2.14. The molecule has 1 atom stereocenters. The van der Waals surface area contributed by atoms with E-state index in [1.165, 1.54) is 6.07 Å². The molecule has 1 aliphatic rings. The summed E-state index contributed by atoms with van der Waals surface area (Å²) in [6, 6.07) is 5.10. The van der Waals surface area contributed by atoms with E-state index in [1.807, 2.05) is 13.0 Å². The molecule has 1 aromatic rings. The second-order valence-corrected chi connectivity index (χ2v) is 6.27. The Hall–Kier alpha value is -1.66. The van der Waals surface area contributed by atoms with Crippen molar-refractivity contribution in [1.29, 1.82) is 0 Å². The molecule has 1 aliphatic heterocycles. The molecule has 2 rings (SSSR count). The molecule has 0 spiro atoms. The van der Waals surface area contributed by atoms with E-state index in [1.54, 1.807) is 13.0 Å². The zero-order valence-corrected chi connectivity index (χ0v) is 15.3. The minimum absolute atomic E-state index is 0.180. The average Bonchev–Trinajstić information content (AvgIpc) is 3.12. The summed E-state index contributed by atoms with van der Waals surface area (Å²) >= 11 is 0. The Balaban J connectivity index is 1.67. The largest absolute Gasteiger partial charge is 0.379 e. The van der Waals surface area contributed by atoms with Crippen molar-refractivity contribution < 1.29 is 13.9 Å². The lowest BCUT2D eigenvalue weighted by Crippen LogP contribution is -2.38. The number of halogens is 1. The molecule has 25 heavy (non-hydrogen) atoms. The van der Waals surface area contributed by atoms with Gasteiger partial charge in [-0.2, -0.15) is 0 Å². The molecule has 5 nitrogen and oxygen atoms in total. The highest BCUT2D eigenvalue weighted by molar-refractivity contribution is 5.79. The van der Waals surface area contributed by atoms with Gasteiger partial charge in [0.15, 0.2) is 5.96 Å². The topological polar surface area (TPSA) is 54.9 Å². The minimum Gasteiger partial charge on any atom is -0.379 e. The third-order valence-corrected chi connectivity index (χ3v) is 4.07. The first-order chi connectivity index (χ1) is 12.2. The Morgan fingerprint density at radius 2 is 2.28 bits per heavy atom. The molecule has 140 valence electrons. The normalized spacial score (nSPS) is 17.7. The number of nitrogens with one attached hydrogen (secondary N) is 2. The number of benzene rings is 1. The van der Waals surface area contributed by atoms with E-state index in [-0.39, 0.29) is 11.9 Å². The van der Waals surface area contributed by atoms with E-state index in [2.05, 4.69) is 15.6 Å². The van der Waals surface area contributed by atoms with E-state index in [0.717, 1.165) is 50.5 Å². The maximum atomic E-state index is 13.3. The van der Waals surface area contributed by atoms with Crippen molar-refractivity contribution in [2.24, 2.45) is 4.99 Å². The van der Waals surface area contributed by atoms with Crippen molar-refractivity contribution in [2.75, 3.05) is 32.9 Å². The number of ether oxygens (including phenoxy) is 2. The maximum absolute atomic E-state index is 13.3. The van der Waals surface area contributed by atoms with Crippen molar-refractivity contribution in [3.8, 4) is 0 Å². The molecular formula is C19H30FN3O2. The van der Waals surface area contributed by atoms with Crippen LogP contribution in [-0.2, 0) is 16.0 Å².